The number of imide groups is 1. The first-order valence-corrected chi connectivity index (χ1v) is 25.1. The van der Waals surface area contributed by atoms with Gasteiger partial charge in [-0.25, -0.2) is 9.59 Å². The molecule has 15 nitrogen and oxygen atoms in total. The molecule has 10 unspecified atom stereocenters. The highest BCUT2D eigenvalue weighted by molar-refractivity contribution is 6.05. The van der Waals surface area contributed by atoms with E-state index in [-0.39, 0.29) is 23.7 Å². The van der Waals surface area contributed by atoms with Crippen LogP contribution in [0.4, 0.5) is 0 Å². The molecule has 4 amide bonds. The molecule has 4 saturated carbocycles. The molecule has 2 aromatic carbocycles. The molecule has 10 rings (SSSR count). The highest BCUT2D eigenvalue weighted by Crippen LogP contribution is 2.56. The van der Waals surface area contributed by atoms with E-state index in [9.17, 15) is 28.8 Å². The van der Waals surface area contributed by atoms with Gasteiger partial charge in [0.05, 0.1) is 34.8 Å². The van der Waals surface area contributed by atoms with Crippen molar-refractivity contribution in [3.63, 3.8) is 0 Å². The van der Waals surface area contributed by atoms with Gasteiger partial charge >= 0.3 is 11.9 Å². The van der Waals surface area contributed by atoms with E-state index in [1.54, 1.807) is 12.4 Å². The molecule has 15 heteroatoms. The standard InChI is InChI=1S/C52H65N7O8/c60-47(53-17-11-23-58-19-7-1-8-20-58)43-31-25-35(41(27-31)66-51(64)37-29-55-39-15-5-3-13-33(37)39)45(43)49(62)57-50(63)46-36-26-32(44(46)48(61)54-18-12-24-59-21-9-2-10-22-59)28-42(36)67-52(65)38-30-56-40-16-6-4-14-34(38)40/h3-6,13-16,29-32,35-36,41-46,55-56H,1-2,7-12,17-28H2,(H,53,60)(H,54,61)(H,57,62,63). The number of amides is 4. The van der Waals surface area contributed by atoms with Gasteiger partial charge in [0.2, 0.25) is 23.6 Å². The molecular weight excluding hydrogens is 851 g/mol. The van der Waals surface area contributed by atoms with Gasteiger partial charge in [-0.1, -0.05) is 49.2 Å². The van der Waals surface area contributed by atoms with Crippen LogP contribution in [0.15, 0.2) is 60.9 Å². The second-order valence-electron chi connectivity index (χ2n) is 20.2. The van der Waals surface area contributed by atoms with E-state index in [4.69, 9.17) is 9.47 Å². The molecule has 10 atom stereocenters. The summed E-state index contributed by atoms with van der Waals surface area (Å²) in [5.41, 5.74) is 2.39. The van der Waals surface area contributed by atoms with Gasteiger partial charge in [0, 0.05) is 59.1 Å². The highest BCUT2D eigenvalue weighted by Gasteiger charge is 2.62. The Labute approximate surface area is 391 Å². The summed E-state index contributed by atoms with van der Waals surface area (Å²) in [4.78, 5) is 96.6. The van der Waals surface area contributed by atoms with Gasteiger partial charge in [-0.2, -0.15) is 0 Å². The van der Waals surface area contributed by atoms with E-state index in [2.05, 4.69) is 35.7 Å². The molecule has 2 saturated heterocycles. The zero-order chi connectivity index (χ0) is 46.0. The van der Waals surface area contributed by atoms with Crippen molar-refractivity contribution in [2.24, 2.45) is 47.3 Å². The van der Waals surface area contributed by atoms with Gasteiger partial charge in [-0.05, 0) is 127 Å². The maximum atomic E-state index is 14.8. The molecule has 0 radical (unpaired) electrons. The van der Waals surface area contributed by atoms with Crippen LogP contribution in [0.1, 0.15) is 97.8 Å². The number of carbonyl (C=O) groups excluding carboxylic acids is 6. The average Bonchev–Trinajstić information content (AvgIpc) is 4.22. The second kappa shape index (κ2) is 20.0. The molecule has 4 aromatic rings. The van der Waals surface area contributed by atoms with Crippen molar-refractivity contribution in [2.75, 3.05) is 52.4 Å². The molecule has 67 heavy (non-hydrogen) atoms. The lowest BCUT2D eigenvalue weighted by Gasteiger charge is -2.36. The summed E-state index contributed by atoms with van der Waals surface area (Å²) in [5, 5.41) is 10.4. The van der Waals surface area contributed by atoms with E-state index in [0.717, 1.165) is 73.9 Å². The minimum atomic E-state index is -0.943. The molecular formula is C52H65N7O8. The summed E-state index contributed by atoms with van der Waals surface area (Å²) in [5.74, 6) is -7.49. The Morgan fingerprint density at radius 1 is 0.522 bits per heavy atom. The first-order chi connectivity index (χ1) is 32.7. The zero-order valence-corrected chi connectivity index (χ0v) is 38.3. The first-order valence-electron chi connectivity index (χ1n) is 25.1. The van der Waals surface area contributed by atoms with Crippen molar-refractivity contribution >= 4 is 57.4 Å². The van der Waals surface area contributed by atoms with Gasteiger partial charge < -0.3 is 39.9 Å². The third kappa shape index (κ3) is 9.37. The minimum Gasteiger partial charge on any atom is -0.458 e. The van der Waals surface area contributed by atoms with Crippen LogP contribution in [0, 0.1) is 47.3 Å². The number of likely N-dealkylation sites (tertiary alicyclic amines) is 2. The number of hydrogen-bond acceptors (Lipinski definition) is 10. The van der Waals surface area contributed by atoms with Crippen molar-refractivity contribution in [1.82, 2.24) is 35.7 Å². The third-order valence-corrected chi connectivity index (χ3v) is 16.3. The smallest absolute Gasteiger partial charge is 0.340 e. The van der Waals surface area contributed by atoms with Gasteiger partial charge in [-0.15, -0.1) is 0 Å². The number of aromatic amines is 2. The maximum Gasteiger partial charge on any atom is 0.340 e. The topological polar surface area (TPSA) is 195 Å². The van der Waals surface area contributed by atoms with Crippen LogP contribution in [0.25, 0.3) is 21.8 Å². The number of benzene rings is 2. The van der Waals surface area contributed by atoms with E-state index in [1.807, 2.05) is 48.5 Å². The number of carbonyl (C=O) groups is 6. The summed E-state index contributed by atoms with van der Waals surface area (Å²) < 4.78 is 12.4. The Bertz CT molecular complexity index is 2300. The predicted octanol–water partition coefficient (Wildman–Crippen LogP) is 5.57. The van der Waals surface area contributed by atoms with Crippen LogP contribution in [0.2, 0.25) is 0 Å². The van der Waals surface area contributed by atoms with Crippen LogP contribution in [0.3, 0.4) is 0 Å². The van der Waals surface area contributed by atoms with Crippen LogP contribution in [-0.4, -0.2) is 120 Å². The number of H-pyrrole nitrogens is 2. The Kier molecular flexibility index (Phi) is 13.5. The Morgan fingerprint density at radius 3 is 1.37 bits per heavy atom. The van der Waals surface area contributed by atoms with Crippen molar-refractivity contribution in [3.05, 3.63) is 72.1 Å². The largest absolute Gasteiger partial charge is 0.458 e. The number of esters is 2. The summed E-state index contributed by atoms with van der Waals surface area (Å²) in [6.45, 7) is 6.95. The molecule has 5 N–H and O–H groups in total. The van der Waals surface area contributed by atoms with Crippen LogP contribution >= 0.6 is 0 Å². The normalized spacial score (nSPS) is 29.3. The second-order valence-corrected chi connectivity index (χ2v) is 20.2. The van der Waals surface area contributed by atoms with Gasteiger partial charge in [0.1, 0.15) is 12.2 Å². The van der Waals surface area contributed by atoms with Crippen molar-refractivity contribution in [2.45, 2.75) is 89.3 Å². The SMILES string of the molecule is O=C(OC1CC2CC1C(C(=O)NC(=O)C1C3CC(CC3OC(=O)c3c[nH]c4ccccc34)C1C(=O)NCCCN1CCCCC1)C2C(=O)NCCCN1CCCCC1)c1c[nH]c2ccccc12. The highest BCUT2D eigenvalue weighted by atomic mass is 16.5. The number of rotatable bonds is 16. The number of aromatic nitrogens is 2. The zero-order valence-electron chi connectivity index (χ0n) is 38.3. The first kappa shape index (κ1) is 45.3. The number of hydrogen-bond donors (Lipinski definition) is 5. The Hall–Kier alpha value is -5.54. The quantitative estimate of drug-likeness (QED) is 0.0539. The van der Waals surface area contributed by atoms with E-state index < -0.39 is 71.5 Å². The molecule has 6 aliphatic rings. The summed E-state index contributed by atoms with van der Waals surface area (Å²) >= 11 is 0. The maximum absolute atomic E-state index is 14.8. The van der Waals surface area contributed by atoms with Crippen molar-refractivity contribution in [1.29, 1.82) is 0 Å². The Balaban J connectivity index is 0.861. The summed E-state index contributed by atoms with van der Waals surface area (Å²) in [6.07, 6.45) is 12.6. The fraction of sp³-hybridized carbons (Fsp3) is 0.577. The van der Waals surface area contributed by atoms with Crippen molar-refractivity contribution < 1.29 is 38.2 Å². The summed E-state index contributed by atoms with van der Waals surface area (Å²) in [7, 11) is 0. The predicted molar refractivity (Wildman–Crippen MR) is 250 cm³/mol. The average molecular weight is 916 g/mol. The van der Waals surface area contributed by atoms with Gasteiger partial charge in [0.15, 0.2) is 0 Å². The Morgan fingerprint density at radius 2 is 0.940 bits per heavy atom. The number of nitrogens with zero attached hydrogens (tertiary/aromatic N) is 2. The molecule has 6 fully saturated rings. The number of nitrogens with one attached hydrogen (secondary N) is 5. The van der Waals surface area contributed by atoms with E-state index in [1.165, 1.54) is 38.5 Å². The molecule has 2 aliphatic heterocycles. The van der Waals surface area contributed by atoms with E-state index in [0.29, 0.717) is 49.9 Å². The lowest BCUT2D eigenvalue weighted by atomic mass is 9.75. The van der Waals surface area contributed by atoms with Gasteiger partial charge in [-0.3, -0.25) is 24.5 Å². The van der Waals surface area contributed by atoms with Crippen LogP contribution < -0.4 is 16.0 Å². The summed E-state index contributed by atoms with van der Waals surface area (Å²) in [6, 6.07) is 14.9. The van der Waals surface area contributed by atoms with E-state index >= 15 is 0 Å². The van der Waals surface area contributed by atoms with Gasteiger partial charge in [0.25, 0.3) is 0 Å². The lowest BCUT2D eigenvalue weighted by molar-refractivity contribution is -0.147. The number of para-hydroxylation sites is 2. The lowest BCUT2D eigenvalue weighted by Crippen LogP contribution is -2.53. The van der Waals surface area contributed by atoms with Crippen LogP contribution in [-0.2, 0) is 28.7 Å². The molecule has 2 aromatic heterocycles. The number of piperidine rings is 2. The van der Waals surface area contributed by atoms with Crippen molar-refractivity contribution in [3.8, 4) is 0 Å². The molecule has 4 aliphatic carbocycles. The minimum absolute atomic E-state index is 0.230. The number of fused-ring (bicyclic) bond motifs is 6. The third-order valence-electron chi connectivity index (χ3n) is 16.3. The molecule has 4 bridgehead atoms. The van der Waals surface area contributed by atoms with Crippen LogP contribution in [0.5, 0.6) is 0 Å². The fourth-order valence-corrected chi connectivity index (χ4v) is 13.1. The fourth-order valence-electron chi connectivity index (χ4n) is 13.1. The number of ether oxygens (including phenoxy) is 2. The molecule has 356 valence electrons. The molecule has 4 heterocycles. The monoisotopic (exact) mass is 915 g/mol. The molecule has 0 spiro atoms.